The van der Waals surface area contributed by atoms with E-state index in [0.29, 0.717) is 22.3 Å². The van der Waals surface area contributed by atoms with Crippen LogP contribution in [0, 0.1) is 5.92 Å². The summed E-state index contributed by atoms with van der Waals surface area (Å²) in [5.74, 6) is 0.182. The van der Waals surface area contributed by atoms with Gasteiger partial charge >= 0.3 is 5.97 Å². The highest BCUT2D eigenvalue weighted by Gasteiger charge is 2.27. The number of hydrogen-bond acceptors (Lipinski definition) is 6. The molecule has 1 aliphatic rings. The van der Waals surface area contributed by atoms with Gasteiger partial charge in [-0.25, -0.2) is 4.79 Å². The van der Waals surface area contributed by atoms with Gasteiger partial charge in [0.15, 0.2) is 6.04 Å². The lowest BCUT2D eigenvalue weighted by Crippen LogP contribution is -2.37. The molecule has 2 unspecified atom stereocenters. The maximum atomic E-state index is 13.1. The Hall–Kier alpha value is -3.00. The summed E-state index contributed by atoms with van der Waals surface area (Å²) in [4.78, 5) is 27.7. The predicted molar refractivity (Wildman–Crippen MR) is 113 cm³/mol. The third-order valence-electron chi connectivity index (χ3n) is 4.76. The number of halogens is 1. The molecule has 8 nitrogen and oxygen atoms in total. The summed E-state index contributed by atoms with van der Waals surface area (Å²) in [6.07, 6.45) is 6.23. The van der Waals surface area contributed by atoms with Gasteiger partial charge in [0.05, 0.1) is 13.2 Å². The summed E-state index contributed by atoms with van der Waals surface area (Å²) < 4.78 is 4.72. The molecular weight excluding hydrogens is 406 g/mol. The van der Waals surface area contributed by atoms with Gasteiger partial charge < -0.3 is 9.64 Å². The third kappa shape index (κ3) is 4.76. The molecule has 0 N–H and O–H groups in total. The zero-order chi connectivity index (χ0) is 21.8. The maximum absolute atomic E-state index is 13.1. The van der Waals surface area contributed by atoms with Crippen LogP contribution in [-0.2, 0) is 9.53 Å². The van der Waals surface area contributed by atoms with Crippen LogP contribution in [0.3, 0.4) is 0 Å². The molecule has 3 rings (SSSR count). The smallest absolute Gasteiger partial charge is 0.332 e. The van der Waals surface area contributed by atoms with E-state index in [1.165, 1.54) is 11.9 Å². The molecule has 158 valence electrons. The standard InChI is InChI=1S/C21H24ClN5O3/c1-13(2)11-18-12-16(19-23-25-27(24-19)14(3)21(29)30-4)9-10-26(18)20(28)15-5-7-17(22)8-6-15/h5-10,12-14,18H,11H2,1-4H3. The maximum Gasteiger partial charge on any atom is 0.332 e. The van der Waals surface area contributed by atoms with Crippen molar-refractivity contribution < 1.29 is 14.3 Å². The Bertz CT molecular complexity index is 981. The number of carbonyl (C=O) groups excluding carboxylic acids is 2. The molecule has 30 heavy (non-hydrogen) atoms. The van der Waals surface area contributed by atoms with Crippen LogP contribution >= 0.6 is 11.6 Å². The summed E-state index contributed by atoms with van der Waals surface area (Å²) in [5.41, 5.74) is 1.30. The van der Waals surface area contributed by atoms with Gasteiger partial charge in [-0.15, -0.1) is 15.0 Å². The molecule has 1 amide bonds. The van der Waals surface area contributed by atoms with E-state index >= 15 is 0 Å². The molecule has 2 heterocycles. The third-order valence-corrected chi connectivity index (χ3v) is 5.01. The Morgan fingerprint density at radius 2 is 1.90 bits per heavy atom. The highest BCUT2D eigenvalue weighted by molar-refractivity contribution is 6.30. The van der Waals surface area contributed by atoms with Crippen LogP contribution < -0.4 is 0 Å². The van der Waals surface area contributed by atoms with E-state index in [1.807, 2.05) is 6.08 Å². The number of allylic oxidation sites excluding steroid dienone is 2. The molecule has 1 aromatic carbocycles. The summed E-state index contributed by atoms with van der Waals surface area (Å²) in [7, 11) is 1.31. The van der Waals surface area contributed by atoms with Gasteiger partial charge in [0.1, 0.15) is 0 Å². The number of ether oxygens (including phenoxy) is 1. The SMILES string of the molecule is COC(=O)C(C)n1nnc(C2=CC(CC(C)C)N(C(=O)c3ccc(Cl)cc3)C=C2)n1. The van der Waals surface area contributed by atoms with E-state index in [-0.39, 0.29) is 11.9 Å². The van der Waals surface area contributed by atoms with Gasteiger partial charge in [0.2, 0.25) is 5.82 Å². The van der Waals surface area contributed by atoms with E-state index < -0.39 is 12.0 Å². The molecule has 2 aromatic rings. The molecule has 0 radical (unpaired) electrons. The highest BCUT2D eigenvalue weighted by atomic mass is 35.5. The van der Waals surface area contributed by atoms with Gasteiger partial charge in [-0.1, -0.05) is 31.5 Å². The molecular formula is C21H24ClN5O3. The molecule has 0 spiro atoms. The molecule has 0 fully saturated rings. The Morgan fingerprint density at radius 1 is 1.20 bits per heavy atom. The molecule has 0 saturated heterocycles. The zero-order valence-corrected chi connectivity index (χ0v) is 18.1. The van der Waals surface area contributed by atoms with E-state index in [9.17, 15) is 9.59 Å². The number of tetrazole rings is 1. The first-order valence-electron chi connectivity index (χ1n) is 9.66. The van der Waals surface area contributed by atoms with Gasteiger partial charge in [-0.05, 0) is 54.8 Å². The average molecular weight is 430 g/mol. The number of nitrogens with zero attached hydrogens (tertiary/aromatic N) is 5. The van der Waals surface area contributed by atoms with Crippen molar-refractivity contribution in [2.24, 2.45) is 5.92 Å². The zero-order valence-electron chi connectivity index (χ0n) is 17.3. The van der Waals surface area contributed by atoms with Crippen molar-refractivity contribution in [3.63, 3.8) is 0 Å². The second-order valence-electron chi connectivity index (χ2n) is 7.49. The average Bonchev–Trinajstić information content (AvgIpc) is 3.22. The largest absolute Gasteiger partial charge is 0.467 e. The van der Waals surface area contributed by atoms with Crippen LogP contribution in [0.4, 0.5) is 0 Å². The Labute approximate surface area is 180 Å². The number of carbonyl (C=O) groups is 2. The van der Waals surface area contributed by atoms with E-state index in [2.05, 4.69) is 29.3 Å². The van der Waals surface area contributed by atoms with E-state index in [0.717, 1.165) is 12.0 Å². The van der Waals surface area contributed by atoms with Crippen LogP contribution in [-0.4, -0.2) is 50.1 Å². The Kier molecular flexibility index (Phi) is 6.66. The second kappa shape index (κ2) is 9.21. The summed E-state index contributed by atoms with van der Waals surface area (Å²) in [6.45, 7) is 5.84. The lowest BCUT2D eigenvalue weighted by Gasteiger charge is -2.31. The first-order chi connectivity index (χ1) is 14.3. The van der Waals surface area contributed by atoms with Crippen molar-refractivity contribution in [3.05, 3.63) is 59.0 Å². The van der Waals surface area contributed by atoms with Crippen molar-refractivity contribution in [3.8, 4) is 0 Å². The van der Waals surface area contributed by atoms with E-state index in [4.69, 9.17) is 16.3 Å². The molecule has 0 aliphatic carbocycles. The van der Waals surface area contributed by atoms with Crippen LogP contribution in [0.25, 0.3) is 5.57 Å². The Morgan fingerprint density at radius 3 is 2.53 bits per heavy atom. The lowest BCUT2D eigenvalue weighted by molar-refractivity contribution is -0.144. The first kappa shape index (κ1) is 21.7. The summed E-state index contributed by atoms with van der Waals surface area (Å²) in [6, 6.07) is 5.98. The van der Waals surface area contributed by atoms with Crippen LogP contribution in [0.5, 0.6) is 0 Å². The minimum atomic E-state index is -0.682. The second-order valence-corrected chi connectivity index (χ2v) is 7.92. The molecule has 9 heteroatoms. The number of amides is 1. The molecule has 0 saturated carbocycles. The fraction of sp³-hybridized carbons (Fsp3) is 0.381. The normalized spacial score (nSPS) is 17.1. The van der Waals surface area contributed by atoms with Crippen molar-refractivity contribution in [1.29, 1.82) is 0 Å². The van der Waals surface area contributed by atoms with Gasteiger partial charge in [0, 0.05) is 22.4 Å². The quantitative estimate of drug-likeness (QED) is 0.652. The molecule has 0 bridgehead atoms. The monoisotopic (exact) mass is 429 g/mol. The predicted octanol–water partition coefficient (Wildman–Crippen LogP) is 3.53. The number of benzene rings is 1. The van der Waals surface area contributed by atoms with Gasteiger partial charge in [-0.2, -0.15) is 0 Å². The topological polar surface area (TPSA) is 90.2 Å². The lowest BCUT2D eigenvalue weighted by atomic mass is 9.97. The first-order valence-corrected chi connectivity index (χ1v) is 10.0. The number of esters is 1. The number of rotatable bonds is 6. The molecule has 1 aliphatic heterocycles. The number of hydrogen-bond donors (Lipinski definition) is 0. The molecule has 1 aromatic heterocycles. The van der Waals surface area contributed by atoms with E-state index in [1.54, 1.807) is 48.4 Å². The summed E-state index contributed by atoms with van der Waals surface area (Å²) >= 11 is 5.94. The van der Waals surface area contributed by atoms with Crippen molar-refractivity contribution >= 4 is 29.1 Å². The number of aromatic nitrogens is 4. The number of methoxy groups -OCH3 is 1. The highest BCUT2D eigenvalue weighted by Crippen LogP contribution is 2.26. The minimum absolute atomic E-state index is 0.111. The van der Waals surface area contributed by atoms with Crippen LogP contribution in [0.1, 0.15) is 49.4 Å². The van der Waals surface area contributed by atoms with Crippen molar-refractivity contribution in [2.75, 3.05) is 7.11 Å². The fourth-order valence-electron chi connectivity index (χ4n) is 3.16. The van der Waals surface area contributed by atoms with Crippen LogP contribution in [0.15, 0.2) is 42.6 Å². The minimum Gasteiger partial charge on any atom is -0.467 e. The summed E-state index contributed by atoms with van der Waals surface area (Å²) in [5, 5.41) is 12.9. The van der Waals surface area contributed by atoms with Gasteiger partial charge in [0.25, 0.3) is 5.91 Å². The molecule has 2 atom stereocenters. The van der Waals surface area contributed by atoms with Crippen molar-refractivity contribution in [2.45, 2.75) is 39.3 Å². The fourth-order valence-corrected chi connectivity index (χ4v) is 3.28. The van der Waals surface area contributed by atoms with Gasteiger partial charge in [-0.3, -0.25) is 4.79 Å². The Balaban J connectivity index is 1.86. The van der Waals surface area contributed by atoms with Crippen LogP contribution in [0.2, 0.25) is 5.02 Å². The van der Waals surface area contributed by atoms with Crippen molar-refractivity contribution in [1.82, 2.24) is 25.1 Å².